The predicted molar refractivity (Wildman–Crippen MR) is 90.4 cm³/mol. The lowest BCUT2D eigenvalue weighted by Gasteiger charge is -2.16. The number of carbonyl (C=O) groups is 1. The normalized spacial score (nSPS) is 22.8. The number of hydrogen-bond donors (Lipinski definition) is 3. The number of carbonyl (C=O) groups excluding carboxylic acids is 1. The maximum absolute atomic E-state index is 12.5. The summed E-state index contributed by atoms with van der Waals surface area (Å²) in [5.74, 6) is -0.261. The standard InChI is InChI=1S/C16H15Cl2N3O2/c1-7-5-19-16(23)8-6-21(2-3-22)10-4-9(17)13(18)15-12(10)11(8)14(7)20-15/h4,6-8,20,22H,2-3,5H2,1H3/p+1/t7-,8+/m1/s1. The maximum atomic E-state index is 12.5. The van der Waals surface area contributed by atoms with Crippen molar-refractivity contribution >= 4 is 51.9 Å². The highest BCUT2D eigenvalue weighted by molar-refractivity contribution is 6.45. The predicted octanol–water partition coefficient (Wildman–Crippen LogP) is 2.51. The Labute approximate surface area is 142 Å². The molecule has 4 rings (SSSR count). The van der Waals surface area contributed by atoms with Crippen LogP contribution in [0, 0.1) is 0 Å². The van der Waals surface area contributed by atoms with Crippen molar-refractivity contribution in [1.29, 1.82) is 0 Å². The summed E-state index contributed by atoms with van der Waals surface area (Å²) >= 11 is 12.7. The third-order valence-electron chi connectivity index (χ3n) is 4.67. The molecule has 0 radical (unpaired) electrons. The van der Waals surface area contributed by atoms with Gasteiger partial charge in [-0.3, -0.25) is 4.79 Å². The number of aliphatic hydroxyl groups is 1. The van der Waals surface area contributed by atoms with Gasteiger partial charge in [-0.2, -0.15) is 4.58 Å². The fourth-order valence-electron chi connectivity index (χ4n) is 3.58. The maximum Gasteiger partial charge on any atom is 0.237 e. The van der Waals surface area contributed by atoms with Crippen LogP contribution in [0.4, 0.5) is 5.69 Å². The second kappa shape index (κ2) is 5.23. The lowest BCUT2D eigenvalue weighted by atomic mass is 9.90. The summed E-state index contributed by atoms with van der Waals surface area (Å²) in [5.41, 5.74) is 3.64. The van der Waals surface area contributed by atoms with Crippen molar-refractivity contribution in [2.24, 2.45) is 0 Å². The molecule has 2 aliphatic rings. The number of nitrogens with zero attached hydrogens (tertiary/aromatic N) is 1. The van der Waals surface area contributed by atoms with Crippen LogP contribution in [-0.2, 0) is 4.79 Å². The first-order valence-electron chi connectivity index (χ1n) is 7.56. The van der Waals surface area contributed by atoms with Crippen LogP contribution in [0.15, 0.2) is 6.07 Å². The molecule has 0 aliphatic carbocycles. The van der Waals surface area contributed by atoms with Crippen molar-refractivity contribution in [3.63, 3.8) is 0 Å². The molecule has 3 heterocycles. The minimum atomic E-state index is -0.389. The smallest absolute Gasteiger partial charge is 0.237 e. The van der Waals surface area contributed by atoms with Crippen molar-refractivity contribution in [2.45, 2.75) is 18.8 Å². The Morgan fingerprint density at radius 2 is 2.22 bits per heavy atom. The Bertz CT molecular complexity index is 872. The number of benzene rings is 1. The summed E-state index contributed by atoms with van der Waals surface area (Å²) < 4.78 is 1.88. The lowest BCUT2D eigenvalue weighted by molar-refractivity contribution is -0.439. The first-order valence-corrected chi connectivity index (χ1v) is 8.32. The van der Waals surface area contributed by atoms with Gasteiger partial charge in [0.15, 0.2) is 12.8 Å². The zero-order valence-electron chi connectivity index (χ0n) is 12.5. The molecule has 0 fully saturated rings. The van der Waals surface area contributed by atoms with Crippen molar-refractivity contribution in [2.75, 3.05) is 19.7 Å². The summed E-state index contributed by atoms with van der Waals surface area (Å²) in [5, 5.41) is 14.2. The van der Waals surface area contributed by atoms with E-state index in [2.05, 4.69) is 17.2 Å². The largest absolute Gasteiger partial charge is 0.390 e. The zero-order valence-corrected chi connectivity index (χ0v) is 14.0. The molecule has 0 unspecified atom stereocenters. The van der Waals surface area contributed by atoms with Crippen molar-refractivity contribution < 1.29 is 14.5 Å². The molecule has 1 aromatic heterocycles. The molecule has 5 nitrogen and oxygen atoms in total. The Hall–Kier alpha value is -1.56. The molecule has 0 saturated carbocycles. The molecule has 2 atom stereocenters. The summed E-state index contributed by atoms with van der Waals surface area (Å²) in [6.45, 7) is 3.02. The molecule has 3 N–H and O–H groups in total. The Kier molecular flexibility index (Phi) is 3.41. The van der Waals surface area contributed by atoms with E-state index in [4.69, 9.17) is 23.2 Å². The minimum absolute atomic E-state index is 0.0183. The van der Waals surface area contributed by atoms with Gasteiger partial charge in [-0.15, -0.1) is 0 Å². The Balaban J connectivity index is 2.12. The highest BCUT2D eigenvalue weighted by atomic mass is 35.5. The third kappa shape index (κ3) is 2.04. The van der Waals surface area contributed by atoms with Gasteiger partial charge in [-0.05, 0) is 0 Å². The number of aromatic amines is 1. The van der Waals surface area contributed by atoms with E-state index in [1.807, 2.05) is 10.8 Å². The van der Waals surface area contributed by atoms with Gasteiger partial charge in [0, 0.05) is 29.8 Å². The number of aliphatic hydroxyl groups excluding tert-OH is 1. The number of aromatic nitrogens is 1. The van der Waals surface area contributed by atoms with E-state index in [1.54, 1.807) is 6.07 Å². The second-order valence-electron chi connectivity index (χ2n) is 6.08. The number of amides is 1. The lowest BCUT2D eigenvalue weighted by Crippen LogP contribution is -2.33. The fraction of sp³-hybridized carbons (Fsp3) is 0.375. The molecular weight excluding hydrogens is 337 g/mol. The number of β-amino-alcohol motifs (C(OH)–C–C–N with tert-alkyl or cyclic N) is 1. The van der Waals surface area contributed by atoms with E-state index >= 15 is 0 Å². The van der Waals surface area contributed by atoms with Gasteiger partial charge < -0.3 is 15.4 Å². The molecule has 1 amide bonds. The molecule has 23 heavy (non-hydrogen) atoms. The number of hydrogen-bond acceptors (Lipinski definition) is 2. The van der Waals surface area contributed by atoms with Crippen LogP contribution >= 0.6 is 23.2 Å². The molecule has 0 bridgehead atoms. The topological polar surface area (TPSA) is 68.1 Å². The molecule has 1 aromatic carbocycles. The quantitative estimate of drug-likeness (QED) is 0.727. The summed E-state index contributed by atoms with van der Waals surface area (Å²) in [6.07, 6.45) is 1.86. The van der Waals surface area contributed by atoms with E-state index in [-0.39, 0.29) is 24.3 Å². The molecule has 120 valence electrons. The number of nitrogens with one attached hydrogen (secondary N) is 2. The summed E-state index contributed by atoms with van der Waals surface area (Å²) in [6, 6.07) is 1.80. The van der Waals surface area contributed by atoms with Crippen LogP contribution in [0.2, 0.25) is 10.0 Å². The van der Waals surface area contributed by atoms with Crippen molar-refractivity contribution in [3.8, 4) is 0 Å². The van der Waals surface area contributed by atoms with E-state index in [0.717, 1.165) is 27.8 Å². The molecule has 0 spiro atoms. The van der Waals surface area contributed by atoms with Crippen LogP contribution < -0.4 is 5.32 Å². The van der Waals surface area contributed by atoms with Gasteiger partial charge in [0.05, 0.1) is 20.9 Å². The van der Waals surface area contributed by atoms with Gasteiger partial charge in [-0.25, -0.2) is 0 Å². The Morgan fingerprint density at radius 1 is 1.43 bits per heavy atom. The highest BCUT2D eigenvalue weighted by Gasteiger charge is 2.40. The van der Waals surface area contributed by atoms with Crippen molar-refractivity contribution in [1.82, 2.24) is 10.3 Å². The number of rotatable bonds is 2. The van der Waals surface area contributed by atoms with Gasteiger partial charge in [0.2, 0.25) is 11.6 Å². The van der Waals surface area contributed by atoms with Crippen LogP contribution in [0.5, 0.6) is 0 Å². The average Bonchev–Trinajstić information content (AvgIpc) is 2.88. The Morgan fingerprint density at radius 3 is 2.96 bits per heavy atom. The van der Waals surface area contributed by atoms with Crippen molar-refractivity contribution in [3.05, 3.63) is 27.4 Å². The second-order valence-corrected chi connectivity index (χ2v) is 6.87. The van der Waals surface area contributed by atoms with E-state index < -0.39 is 0 Å². The SMILES string of the molecule is C[C@@H]1CNC(=O)[C@H]2C=[N+](CCO)c3cc(Cl)c(Cl)c4[nH]c1c2c34. The molecular formula is C16H16Cl2N3O2+. The first kappa shape index (κ1) is 15.0. The summed E-state index contributed by atoms with van der Waals surface area (Å²) in [4.78, 5) is 15.9. The van der Waals surface area contributed by atoms with Crippen LogP contribution in [-0.4, -0.2) is 46.5 Å². The number of H-pyrrole nitrogens is 1. The molecule has 0 saturated heterocycles. The molecule has 2 aliphatic heterocycles. The van der Waals surface area contributed by atoms with Gasteiger partial charge in [0.25, 0.3) is 0 Å². The highest BCUT2D eigenvalue weighted by Crippen LogP contribution is 2.46. The van der Waals surface area contributed by atoms with E-state index in [0.29, 0.717) is 23.1 Å². The van der Waals surface area contributed by atoms with Gasteiger partial charge in [-0.1, -0.05) is 30.1 Å². The third-order valence-corrected chi connectivity index (χ3v) is 5.45. The summed E-state index contributed by atoms with van der Waals surface area (Å²) in [7, 11) is 0. The van der Waals surface area contributed by atoms with Crippen LogP contribution in [0.25, 0.3) is 10.9 Å². The minimum Gasteiger partial charge on any atom is -0.390 e. The van der Waals surface area contributed by atoms with Crippen LogP contribution in [0.1, 0.15) is 30.0 Å². The molecule has 7 heteroatoms. The molecule has 2 aromatic rings. The van der Waals surface area contributed by atoms with Gasteiger partial charge >= 0.3 is 0 Å². The monoisotopic (exact) mass is 352 g/mol. The van der Waals surface area contributed by atoms with E-state index in [9.17, 15) is 9.90 Å². The zero-order chi connectivity index (χ0) is 16.3. The average molecular weight is 353 g/mol. The van der Waals surface area contributed by atoms with Gasteiger partial charge in [0.1, 0.15) is 12.5 Å². The fourth-order valence-corrected chi connectivity index (χ4v) is 3.97. The van der Waals surface area contributed by atoms with E-state index in [1.165, 1.54) is 0 Å². The van der Waals surface area contributed by atoms with Crippen LogP contribution in [0.3, 0.4) is 0 Å². The first-order chi connectivity index (χ1) is 11.0. The number of halogens is 2.